The van der Waals surface area contributed by atoms with Crippen molar-refractivity contribution in [3.63, 3.8) is 0 Å². The third kappa shape index (κ3) is 3.27. The lowest BCUT2D eigenvalue weighted by molar-refractivity contribution is -0.136. The fourth-order valence-corrected chi connectivity index (χ4v) is 3.69. The smallest absolute Gasteiger partial charge is 0.410 e. The summed E-state index contributed by atoms with van der Waals surface area (Å²) in [4.78, 5) is 32.6. The maximum absolute atomic E-state index is 12.9. The molecule has 1 aromatic heterocycles. The van der Waals surface area contributed by atoms with Gasteiger partial charge in [-0.2, -0.15) is 5.10 Å². The van der Waals surface area contributed by atoms with Gasteiger partial charge < -0.3 is 9.64 Å². The molecule has 2 aromatic rings. The van der Waals surface area contributed by atoms with Crippen LogP contribution in [0.15, 0.2) is 30.3 Å². The van der Waals surface area contributed by atoms with E-state index in [1.807, 2.05) is 39.9 Å². The summed E-state index contributed by atoms with van der Waals surface area (Å²) in [5.74, 6) is 1.57. The number of carbonyl (C=O) groups excluding carboxylic acids is 2. The number of nitrogens with zero attached hydrogens (tertiary/aromatic N) is 5. The maximum Gasteiger partial charge on any atom is 0.410 e. The SMILES string of the molecule is CC(C)[C@H]1c2nc(-c3ccccc3)nn2CCN1C(=O)CN1CCOC1=O. The van der Waals surface area contributed by atoms with Crippen molar-refractivity contribution in [1.29, 1.82) is 0 Å². The highest BCUT2D eigenvalue weighted by Gasteiger charge is 2.37. The lowest BCUT2D eigenvalue weighted by Crippen LogP contribution is -2.48. The molecule has 0 bridgehead atoms. The van der Waals surface area contributed by atoms with E-state index in [4.69, 9.17) is 9.72 Å². The zero-order chi connectivity index (χ0) is 19.0. The van der Waals surface area contributed by atoms with E-state index >= 15 is 0 Å². The molecule has 3 heterocycles. The first-order valence-corrected chi connectivity index (χ1v) is 9.26. The monoisotopic (exact) mass is 369 g/mol. The first-order chi connectivity index (χ1) is 13.0. The molecule has 0 aliphatic carbocycles. The minimum Gasteiger partial charge on any atom is -0.448 e. The van der Waals surface area contributed by atoms with Crippen LogP contribution in [-0.4, -0.2) is 62.8 Å². The minimum absolute atomic E-state index is 0.0434. The molecule has 8 nitrogen and oxygen atoms in total. The van der Waals surface area contributed by atoms with Crippen molar-refractivity contribution in [1.82, 2.24) is 24.6 Å². The highest BCUT2D eigenvalue weighted by Crippen LogP contribution is 2.32. The fourth-order valence-electron chi connectivity index (χ4n) is 3.69. The van der Waals surface area contributed by atoms with E-state index in [0.29, 0.717) is 32.1 Å². The van der Waals surface area contributed by atoms with Gasteiger partial charge in [-0.15, -0.1) is 0 Å². The van der Waals surface area contributed by atoms with Gasteiger partial charge in [-0.3, -0.25) is 9.69 Å². The van der Waals surface area contributed by atoms with Crippen LogP contribution in [0.25, 0.3) is 11.4 Å². The third-order valence-electron chi connectivity index (χ3n) is 5.01. The molecule has 0 N–H and O–H groups in total. The number of carbonyl (C=O) groups is 2. The predicted octanol–water partition coefficient (Wildman–Crippen LogP) is 1.94. The Morgan fingerprint density at radius 1 is 1.22 bits per heavy atom. The summed E-state index contributed by atoms with van der Waals surface area (Å²) >= 11 is 0. The second kappa shape index (κ2) is 7.02. The normalized spacial score (nSPS) is 19.4. The van der Waals surface area contributed by atoms with E-state index in [1.165, 1.54) is 4.90 Å². The van der Waals surface area contributed by atoms with Crippen LogP contribution in [0.5, 0.6) is 0 Å². The summed E-state index contributed by atoms with van der Waals surface area (Å²) in [6.45, 7) is 6.13. The molecule has 1 atom stereocenters. The number of ether oxygens (including phenoxy) is 1. The molecule has 0 saturated carbocycles. The number of aromatic nitrogens is 3. The van der Waals surface area contributed by atoms with Crippen LogP contribution in [0.3, 0.4) is 0 Å². The molecular formula is C19H23N5O3. The lowest BCUT2D eigenvalue weighted by atomic mass is 9.99. The van der Waals surface area contributed by atoms with Gasteiger partial charge in [0.15, 0.2) is 11.6 Å². The van der Waals surface area contributed by atoms with Gasteiger partial charge in [0.05, 0.1) is 19.1 Å². The van der Waals surface area contributed by atoms with Crippen molar-refractivity contribution in [2.45, 2.75) is 26.4 Å². The Kier molecular flexibility index (Phi) is 4.55. The molecule has 1 saturated heterocycles. The summed E-state index contributed by atoms with van der Waals surface area (Å²) in [6.07, 6.45) is -0.420. The Bertz CT molecular complexity index is 848. The van der Waals surface area contributed by atoms with Gasteiger partial charge in [0, 0.05) is 12.1 Å². The van der Waals surface area contributed by atoms with E-state index in [-0.39, 0.29) is 24.4 Å². The topological polar surface area (TPSA) is 80.6 Å². The number of fused-ring (bicyclic) bond motifs is 1. The van der Waals surface area contributed by atoms with Crippen LogP contribution in [0.1, 0.15) is 25.7 Å². The number of amides is 2. The summed E-state index contributed by atoms with van der Waals surface area (Å²) in [6, 6.07) is 9.66. The highest BCUT2D eigenvalue weighted by molar-refractivity contribution is 5.83. The molecule has 0 spiro atoms. The first kappa shape index (κ1) is 17.5. The first-order valence-electron chi connectivity index (χ1n) is 9.26. The van der Waals surface area contributed by atoms with Crippen LogP contribution < -0.4 is 0 Å². The van der Waals surface area contributed by atoms with Crippen molar-refractivity contribution < 1.29 is 14.3 Å². The third-order valence-corrected chi connectivity index (χ3v) is 5.01. The van der Waals surface area contributed by atoms with E-state index in [0.717, 1.165) is 11.4 Å². The van der Waals surface area contributed by atoms with Gasteiger partial charge in [0.1, 0.15) is 13.2 Å². The van der Waals surface area contributed by atoms with Crippen molar-refractivity contribution in [3.05, 3.63) is 36.2 Å². The van der Waals surface area contributed by atoms with Crippen molar-refractivity contribution in [2.24, 2.45) is 5.92 Å². The number of rotatable bonds is 4. The Hall–Kier alpha value is -2.90. The molecule has 1 fully saturated rings. The van der Waals surface area contributed by atoms with Crippen molar-refractivity contribution in [3.8, 4) is 11.4 Å². The molecule has 2 aliphatic rings. The van der Waals surface area contributed by atoms with E-state index in [1.54, 1.807) is 0 Å². The van der Waals surface area contributed by atoms with Crippen LogP contribution >= 0.6 is 0 Å². The highest BCUT2D eigenvalue weighted by atomic mass is 16.6. The number of cyclic esters (lactones) is 1. The van der Waals surface area contributed by atoms with Crippen LogP contribution in [-0.2, 0) is 16.1 Å². The largest absolute Gasteiger partial charge is 0.448 e. The Balaban J connectivity index is 1.60. The molecule has 2 amide bonds. The predicted molar refractivity (Wildman–Crippen MR) is 97.7 cm³/mol. The molecule has 0 radical (unpaired) electrons. The second-order valence-corrected chi connectivity index (χ2v) is 7.19. The quantitative estimate of drug-likeness (QED) is 0.823. The van der Waals surface area contributed by atoms with E-state index < -0.39 is 6.09 Å². The van der Waals surface area contributed by atoms with Gasteiger partial charge >= 0.3 is 6.09 Å². The van der Waals surface area contributed by atoms with Crippen molar-refractivity contribution in [2.75, 3.05) is 26.2 Å². The molecule has 2 aliphatic heterocycles. The zero-order valence-electron chi connectivity index (χ0n) is 15.5. The van der Waals surface area contributed by atoms with Gasteiger partial charge in [0.2, 0.25) is 5.91 Å². The summed E-state index contributed by atoms with van der Waals surface area (Å²) in [7, 11) is 0. The summed E-state index contributed by atoms with van der Waals surface area (Å²) in [5, 5.41) is 4.65. The second-order valence-electron chi connectivity index (χ2n) is 7.19. The van der Waals surface area contributed by atoms with Gasteiger partial charge in [-0.25, -0.2) is 14.5 Å². The maximum atomic E-state index is 12.9. The Labute approximate surface area is 157 Å². The summed E-state index contributed by atoms with van der Waals surface area (Å²) < 4.78 is 6.83. The zero-order valence-corrected chi connectivity index (χ0v) is 15.5. The van der Waals surface area contributed by atoms with E-state index in [9.17, 15) is 9.59 Å². The van der Waals surface area contributed by atoms with Crippen LogP contribution in [0, 0.1) is 5.92 Å². The summed E-state index contributed by atoms with van der Waals surface area (Å²) in [5.41, 5.74) is 0.958. The standard InChI is InChI=1S/C19H23N5O3/c1-13(2)16-18-20-17(14-6-4-3-5-7-14)21-24(18)9-8-23(16)15(25)12-22-10-11-27-19(22)26/h3-7,13,16H,8-12H2,1-2H3/t16-/m0/s1. The number of hydrogen-bond donors (Lipinski definition) is 0. The Morgan fingerprint density at radius 2 is 2.00 bits per heavy atom. The Morgan fingerprint density at radius 3 is 2.67 bits per heavy atom. The molecule has 27 heavy (non-hydrogen) atoms. The minimum atomic E-state index is -0.420. The van der Waals surface area contributed by atoms with Gasteiger partial charge in [-0.05, 0) is 5.92 Å². The molecule has 142 valence electrons. The lowest BCUT2D eigenvalue weighted by Gasteiger charge is -2.38. The average Bonchev–Trinajstić information content (AvgIpc) is 3.27. The molecule has 1 aromatic carbocycles. The molecular weight excluding hydrogens is 346 g/mol. The number of benzene rings is 1. The van der Waals surface area contributed by atoms with Crippen LogP contribution in [0.2, 0.25) is 0 Å². The average molecular weight is 369 g/mol. The molecule has 8 heteroatoms. The number of hydrogen-bond acceptors (Lipinski definition) is 5. The molecule has 0 unspecified atom stereocenters. The van der Waals surface area contributed by atoms with Crippen molar-refractivity contribution >= 4 is 12.0 Å². The fraction of sp³-hybridized carbons (Fsp3) is 0.474. The van der Waals surface area contributed by atoms with Gasteiger partial charge in [0.25, 0.3) is 0 Å². The van der Waals surface area contributed by atoms with Crippen LogP contribution in [0.4, 0.5) is 4.79 Å². The van der Waals surface area contributed by atoms with Gasteiger partial charge in [-0.1, -0.05) is 44.2 Å². The molecule has 4 rings (SSSR count). The van der Waals surface area contributed by atoms with E-state index in [2.05, 4.69) is 18.9 Å².